The molecule has 0 spiro atoms. The number of thioether (sulfide) groups is 1. The average Bonchev–Trinajstić information content (AvgIpc) is 3.28. The maximum atomic E-state index is 13.0. The molecule has 0 aliphatic carbocycles. The van der Waals surface area contributed by atoms with Crippen LogP contribution >= 0.6 is 11.8 Å². The van der Waals surface area contributed by atoms with Crippen LogP contribution < -0.4 is 15.0 Å². The number of carbonyl (C=O) groups excluding carboxylic acids is 3. The van der Waals surface area contributed by atoms with Gasteiger partial charge in [0.25, 0.3) is 11.1 Å². The lowest BCUT2D eigenvalue weighted by Crippen LogP contribution is -2.36. The van der Waals surface area contributed by atoms with Gasteiger partial charge in [0.05, 0.1) is 18.1 Å². The summed E-state index contributed by atoms with van der Waals surface area (Å²) in [4.78, 5) is 41.8. The standard InChI is InChI=1S/C33H29N3O5S/c37-31(34-26-11-13-27(14-12-26)35-15-17-40-18-16-35)21-36-32(38)30(42-33(36)39)20-23-5-3-9-28(19-23)41-22-25-8-4-7-24-6-1-2-10-29(24)25/h1-14,19-20H,15-18,21-22H2,(H,34,37)/b30-20+. The second kappa shape index (κ2) is 12.5. The van der Waals surface area contributed by atoms with Gasteiger partial charge in [0, 0.05) is 24.5 Å². The summed E-state index contributed by atoms with van der Waals surface area (Å²) in [6, 6.07) is 29.1. The van der Waals surface area contributed by atoms with Gasteiger partial charge in [-0.15, -0.1) is 0 Å². The Morgan fingerprint density at radius 2 is 1.69 bits per heavy atom. The predicted octanol–water partition coefficient (Wildman–Crippen LogP) is 5.93. The van der Waals surface area contributed by atoms with Crippen LogP contribution in [0.25, 0.3) is 16.8 Å². The number of hydrogen-bond donors (Lipinski definition) is 1. The fourth-order valence-electron chi connectivity index (χ4n) is 4.98. The van der Waals surface area contributed by atoms with E-state index in [4.69, 9.17) is 9.47 Å². The minimum Gasteiger partial charge on any atom is -0.489 e. The largest absolute Gasteiger partial charge is 0.489 e. The Kier molecular flexibility index (Phi) is 8.21. The van der Waals surface area contributed by atoms with Crippen LogP contribution in [0.5, 0.6) is 5.75 Å². The number of fused-ring (bicyclic) bond motifs is 1. The molecule has 2 aliphatic rings. The van der Waals surface area contributed by atoms with E-state index in [-0.39, 0.29) is 11.4 Å². The van der Waals surface area contributed by atoms with Crippen molar-refractivity contribution in [1.29, 1.82) is 0 Å². The number of ether oxygens (including phenoxy) is 2. The van der Waals surface area contributed by atoms with Crippen LogP contribution in [-0.4, -0.2) is 54.8 Å². The maximum absolute atomic E-state index is 13.0. The first kappa shape index (κ1) is 27.6. The highest BCUT2D eigenvalue weighted by atomic mass is 32.2. The molecular formula is C33H29N3O5S. The zero-order valence-corrected chi connectivity index (χ0v) is 23.6. The zero-order chi connectivity index (χ0) is 28.9. The first-order valence-electron chi connectivity index (χ1n) is 13.7. The number of morpholine rings is 1. The van der Waals surface area contributed by atoms with E-state index in [1.54, 1.807) is 6.08 Å². The Balaban J connectivity index is 1.07. The van der Waals surface area contributed by atoms with Crippen LogP contribution in [0.15, 0.2) is 95.9 Å². The molecule has 4 aromatic carbocycles. The van der Waals surface area contributed by atoms with Crippen molar-refractivity contribution >= 4 is 57.0 Å². The Morgan fingerprint density at radius 1 is 0.929 bits per heavy atom. The molecule has 0 saturated carbocycles. The molecule has 4 aromatic rings. The monoisotopic (exact) mass is 579 g/mol. The normalized spacial score (nSPS) is 16.3. The molecule has 0 aromatic heterocycles. The fourth-order valence-corrected chi connectivity index (χ4v) is 5.82. The number of anilines is 2. The number of nitrogens with zero attached hydrogens (tertiary/aromatic N) is 2. The molecule has 0 unspecified atom stereocenters. The van der Waals surface area contributed by atoms with Crippen LogP contribution in [0.2, 0.25) is 0 Å². The van der Waals surface area contributed by atoms with Gasteiger partial charge in [-0.3, -0.25) is 19.3 Å². The number of rotatable bonds is 8. The van der Waals surface area contributed by atoms with Crippen molar-refractivity contribution in [2.24, 2.45) is 0 Å². The summed E-state index contributed by atoms with van der Waals surface area (Å²) < 4.78 is 11.5. The lowest BCUT2D eigenvalue weighted by Gasteiger charge is -2.28. The Labute approximate surface area is 247 Å². The van der Waals surface area contributed by atoms with E-state index in [2.05, 4.69) is 28.4 Å². The zero-order valence-electron chi connectivity index (χ0n) is 22.8. The van der Waals surface area contributed by atoms with Gasteiger partial charge >= 0.3 is 0 Å². The van der Waals surface area contributed by atoms with E-state index < -0.39 is 17.1 Å². The van der Waals surface area contributed by atoms with Gasteiger partial charge in [0.2, 0.25) is 5.91 Å². The molecule has 3 amide bonds. The molecule has 8 nitrogen and oxygen atoms in total. The van der Waals surface area contributed by atoms with Crippen molar-refractivity contribution < 1.29 is 23.9 Å². The first-order valence-corrected chi connectivity index (χ1v) is 14.5. The van der Waals surface area contributed by atoms with Crippen molar-refractivity contribution in [1.82, 2.24) is 4.90 Å². The summed E-state index contributed by atoms with van der Waals surface area (Å²) in [6.45, 7) is 3.06. The summed E-state index contributed by atoms with van der Waals surface area (Å²) in [5, 5.41) is 4.59. The fraction of sp³-hybridized carbons (Fsp3) is 0.182. The Morgan fingerprint density at radius 3 is 2.52 bits per heavy atom. The highest BCUT2D eigenvalue weighted by molar-refractivity contribution is 8.18. The van der Waals surface area contributed by atoms with Crippen LogP contribution in [-0.2, 0) is 20.9 Å². The highest BCUT2D eigenvalue weighted by Gasteiger charge is 2.36. The van der Waals surface area contributed by atoms with Crippen LogP contribution in [0, 0.1) is 0 Å². The minimum absolute atomic E-state index is 0.258. The van der Waals surface area contributed by atoms with Gasteiger partial charge in [-0.2, -0.15) is 0 Å². The van der Waals surface area contributed by atoms with Gasteiger partial charge in [-0.05, 0) is 76.1 Å². The van der Waals surface area contributed by atoms with Gasteiger partial charge in [-0.25, -0.2) is 0 Å². The van der Waals surface area contributed by atoms with Crippen molar-refractivity contribution in [2.45, 2.75) is 6.61 Å². The predicted molar refractivity (Wildman–Crippen MR) is 166 cm³/mol. The highest BCUT2D eigenvalue weighted by Crippen LogP contribution is 2.33. The van der Waals surface area contributed by atoms with Crippen molar-refractivity contribution in [3.8, 4) is 5.75 Å². The van der Waals surface area contributed by atoms with Gasteiger partial charge in [-0.1, -0.05) is 54.6 Å². The third kappa shape index (κ3) is 6.32. The summed E-state index contributed by atoms with van der Waals surface area (Å²) in [7, 11) is 0. The van der Waals surface area contributed by atoms with Gasteiger partial charge in [0.1, 0.15) is 18.9 Å². The average molecular weight is 580 g/mol. The van der Waals surface area contributed by atoms with E-state index in [1.807, 2.05) is 72.8 Å². The summed E-state index contributed by atoms with van der Waals surface area (Å²) in [5.74, 6) is -0.290. The lowest BCUT2D eigenvalue weighted by atomic mass is 10.1. The van der Waals surface area contributed by atoms with Crippen molar-refractivity contribution in [2.75, 3.05) is 43.1 Å². The molecule has 6 rings (SSSR count). The van der Waals surface area contributed by atoms with Gasteiger partial charge < -0.3 is 19.7 Å². The number of imide groups is 1. The molecule has 2 fully saturated rings. The summed E-state index contributed by atoms with van der Waals surface area (Å²) in [6.07, 6.45) is 1.65. The van der Waals surface area contributed by atoms with Crippen LogP contribution in [0.4, 0.5) is 16.2 Å². The molecule has 9 heteroatoms. The molecule has 0 radical (unpaired) electrons. The third-order valence-corrected chi connectivity index (χ3v) is 8.04. The first-order chi connectivity index (χ1) is 20.5. The summed E-state index contributed by atoms with van der Waals surface area (Å²) >= 11 is 0.822. The van der Waals surface area contributed by atoms with E-state index in [9.17, 15) is 14.4 Å². The Bertz CT molecular complexity index is 1660. The van der Waals surface area contributed by atoms with Crippen LogP contribution in [0.1, 0.15) is 11.1 Å². The molecule has 1 N–H and O–H groups in total. The molecule has 42 heavy (non-hydrogen) atoms. The molecule has 212 valence electrons. The smallest absolute Gasteiger partial charge is 0.294 e. The number of hydrogen-bond acceptors (Lipinski definition) is 7. The number of benzene rings is 4. The number of carbonyl (C=O) groups is 3. The Hall–Kier alpha value is -4.60. The number of amides is 3. The van der Waals surface area contributed by atoms with E-state index in [0.29, 0.717) is 31.3 Å². The lowest BCUT2D eigenvalue weighted by molar-refractivity contribution is -0.127. The van der Waals surface area contributed by atoms with Crippen LogP contribution in [0.3, 0.4) is 0 Å². The maximum Gasteiger partial charge on any atom is 0.294 e. The van der Waals surface area contributed by atoms with Gasteiger partial charge in [0.15, 0.2) is 0 Å². The molecule has 0 atom stereocenters. The molecule has 0 bridgehead atoms. The van der Waals surface area contributed by atoms with Crippen molar-refractivity contribution in [3.05, 3.63) is 107 Å². The van der Waals surface area contributed by atoms with Crippen molar-refractivity contribution in [3.63, 3.8) is 0 Å². The topological polar surface area (TPSA) is 88.2 Å². The van der Waals surface area contributed by atoms with E-state index in [1.165, 1.54) is 0 Å². The quantitative estimate of drug-likeness (QED) is 0.259. The second-order valence-electron chi connectivity index (χ2n) is 9.96. The molecular weight excluding hydrogens is 550 g/mol. The number of nitrogens with one attached hydrogen (secondary N) is 1. The molecule has 2 saturated heterocycles. The third-order valence-electron chi connectivity index (χ3n) is 7.13. The molecule has 2 heterocycles. The SMILES string of the molecule is O=C(CN1C(=O)S/C(=C/c2cccc(OCc3cccc4ccccc34)c2)C1=O)Nc1ccc(N2CCOCC2)cc1. The molecule has 2 aliphatic heterocycles. The second-order valence-corrected chi connectivity index (χ2v) is 11.0. The minimum atomic E-state index is -0.495. The van der Waals surface area contributed by atoms with E-state index >= 15 is 0 Å². The van der Waals surface area contributed by atoms with E-state index in [0.717, 1.165) is 57.3 Å². The summed E-state index contributed by atoms with van der Waals surface area (Å²) in [5.41, 5.74) is 3.45.